The number of amides is 1. The van der Waals surface area contributed by atoms with Crippen molar-refractivity contribution in [3.63, 3.8) is 0 Å². The van der Waals surface area contributed by atoms with Gasteiger partial charge in [0.05, 0.1) is 12.7 Å². The van der Waals surface area contributed by atoms with Gasteiger partial charge in [-0.05, 0) is 19.2 Å². The van der Waals surface area contributed by atoms with Crippen molar-refractivity contribution in [2.45, 2.75) is 0 Å². The number of hydrogen-bond acceptors (Lipinski definition) is 5. The average molecular weight is 302 g/mol. The lowest BCUT2D eigenvalue weighted by molar-refractivity contribution is 0.0665. The summed E-state index contributed by atoms with van der Waals surface area (Å²) in [7, 11) is 3.57. The number of likely N-dealkylation sites (N-methyl/N-ethyl adjacent to an activating group) is 1. The molecule has 1 aromatic heterocycles. The predicted molar refractivity (Wildman–Crippen MR) is 82.4 cm³/mol. The SMILES string of the molecule is COc1ccc2c(C(=O)N3CCN(C)CC3)cc(=O)oc2c1. The zero-order valence-electron chi connectivity index (χ0n) is 12.7. The Morgan fingerprint density at radius 1 is 1.18 bits per heavy atom. The number of rotatable bonds is 2. The van der Waals surface area contributed by atoms with Crippen molar-refractivity contribution in [1.82, 2.24) is 9.80 Å². The Kier molecular flexibility index (Phi) is 3.85. The van der Waals surface area contributed by atoms with E-state index in [9.17, 15) is 9.59 Å². The molecule has 0 saturated carbocycles. The Labute approximate surface area is 127 Å². The van der Waals surface area contributed by atoms with Gasteiger partial charge in [-0.15, -0.1) is 0 Å². The molecular formula is C16H18N2O4. The molecule has 1 aliphatic rings. The molecule has 6 heteroatoms. The van der Waals surface area contributed by atoms with Crippen molar-refractivity contribution in [3.8, 4) is 5.75 Å². The van der Waals surface area contributed by atoms with E-state index in [4.69, 9.17) is 9.15 Å². The van der Waals surface area contributed by atoms with E-state index in [-0.39, 0.29) is 5.91 Å². The molecule has 0 bridgehead atoms. The largest absolute Gasteiger partial charge is 0.497 e. The third-order valence-electron chi connectivity index (χ3n) is 3.97. The van der Waals surface area contributed by atoms with Crippen LogP contribution in [0.5, 0.6) is 5.75 Å². The number of benzene rings is 1. The molecule has 22 heavy (non-hydrogen) atoms. The fraction of sp³-hybridized carbons (Fsp3) is 0.375. The normalized spacial score (nSPS) is 16.0. The van der Waals surface area contributed by atoms with Crippen LogP contribution in [0.4, 0.5) is 0 Å². The van der Waals surface area contributed by atoms with Gasteiger partial charge in [0.15, 0.2) is 0 Å². The lowest BCUT2D eigenvalue weighted by Gasteiger charge is -2.32. The Hall–Kier alpha value is -2.34. The molecular weight excluding hydrogens is 284 g/mol. The lowest BCUT2D eigenvalue weighted by atomic mass is 10.1. The molecule has 1 aromatic carbocycles. The van der Waals surface area contributed by atoms with Gasteiger partial charge < -0.3 is 19.0 Å². The molecule has 3 rings (SSSR count). The maximum absolute atomic E-state index is 12.7. The standard InChI is InChI=1S/C16H18N2O4/c1-17-5-7-18(8-6-17)16(20)13-10-15(19)22-14-9-11(21-2)3-4-12(13)14/h3-4,9-10H,5-8H2,1-2H3. The summed E-state index contributed by atoms with van der Waals surface area (Å²) in [5.41, 5.74) is 0.223. The van der Waals surface area contributed by atoms with E-state index in [0.29, 0.717) is 35.4 Å². The summed E-state index contributed by atoms with van der Waals surface area (Å²) in [6.45, 7) is 2.98. The molecule has 116 valence electrons. The number of ether oxygens (including phenoxy) is 1. The van der Waals surface area contributed by atoms with Gasteiger partial charge in [0, 0.05) is 43.7 Å². The first-order valence-corrected chi connectivity index (χ1v) is 7.18. The molecule has 1 saturated heterocycles. The molecule has 1 amide bonds. The fourth-order valence-electron chi connectivity index (χ4n) is 2.63. The fourth-order valence-corrected chi connectivity index (χ4v) is 2.63. The van der Waals surface area contributed by atoms with Gasteiger partial charge in [-0.25, -0.2) is 4.79 Å². The first-order chi connectivity index (χ1) is 10.6. The molecule has 0 aliphatic carbocycles. The van der Waals surface area contributed by atoms with Crippen molar-refractivity contribution in [2.24, 2.45) is 0 Å². The van der Waals surface area contributed by atoms with E-state index in [2.05, 4.69) is 4.90 Å². The molecule has 1 fully saturated rings. The predicted octanol–water partition coefficient (Wildman–Crippen LogP) is 1.19. The highest BCUT2D eigenvalue weighted by Gasteiger charge is 2.23. The maximum atomic E-state index is 12.7. The second-order valence-corrected chi connectivity index (χ2v) is 5.44. The monoisotopic (exact) mass is 302 g/mol. The number of carbonyl (C=O) groups excluding carboxylic acids is 1. The number of carbonyl (C=O) groups is 1. The van der Waals surface area contributed by atoms with Gasteiger partial charge in [-0.1, -0.05) is 0 Å². The molecule has 0 spiro atoms. The average Bonchev–Trinajstić information content (AvgIpc) is 2.53. The topological polar surface area (TPSA) is 63.0 Å². The minimum atomic E-state index is -0.529. The Balaban J connectivity index is 2.02. The van der Waals surface area contributed by atoms with Crippen LogP contribution in [-0.2, 0) is 0 Å². The number of fused-ring (bicyclic) bond motifs is 1. The van der Waals surface area contributed by atoms with Crippen LogP contribution in [0.2, 0.25) is 0 Å². The number of methoxy groups -OCH3 is 1. The van der Waals surface area contributed by atoms with Crippen molar-refractivity contribution in [2.75, 3.05) is 40.3 Å². The molecule has 0 atom stereocenters. The third kappa shape index (κ3) is 2.69. The first kappa shape index (κ1) is 14.6. The number of hydrogen-bond donors (Lipinski definition) is 0. The summed E-state index contributed by atoms with van der Waals surface area (Å²) in [4.78, 5) is 28.4. The van der Waals surface area contributed by atoms with Crippen LogP contribution >= 0.6 is 0 Å². The number of nitrogens with zero attached hydrogens (tertiary/aromatic N) is 2. The number of piperazine rings is 1. The minimum Gasteiger partial charge on any atom is -0.497 e. The highest BCUT2D eigenvalue weighted by molar-refractivity contribution is 6.05. The van der Waals surface area contributed by atoms with Crippen molar-refractivity contribution >= 4 is 16.9 Å². The molecule has 2 aromatic rings. The van der Waals surface area contributed by atoms with E-state index in [1.54, 1.807) is 30.2 Å². The van der Waals surface area contributed by atoms with Crippen LogP contribution in [-0.4, -0.2) is 56.0 Å². The second-order valence-electron chi connectivity index (χ2n) is 5.44. The summed E-state index contributed by atoms with van der Waals surface area (Å²) in [5.74, 6) is 0.455. The molecule has 1 aliphatic heterocycles. The van der Waals surface area contributed by atoms with Crippen molar-refractivity contribution < 1.29 is 13.9 Å². The Morgan fingerprint density at radius 2 is 1.91 bits per heavy atom. The van der Waals surface area contributed by atoms with E-state index in [1.807, 2.05) is 7.05 Å². The molecule has 0 unspecified atom stereocenters. The highest BCUT2D eigenvalue weighted by Crippen LogP contribution is 2.23. The van der Waals surface area contributed by atoms with Gasteiger partial charge in [0.1, 0.15) is 11.3 Å². The summed E-state index contributed by atoms with van der Waals surface area (Å²) >= 11 is 0. The molecule has 2 heterocycles. The van der Waals surface area contributed by atoms with Crippen LogP contribution in [0.15, 0.2) is 33.5 Å². The maximum Gasteiger partial charge on any atom is 0.337 e. The Morgan fingerprint density at radius 3 is 2.59 bits per heavy atom. The van der Waals surface area contributed by atoms with Crippen molar-refractivity contribution in [1.29, 1.82) is 0 Å². The molecule has 0 radical (unpaired) electrons. The van der Waals surface area contributed by atoms with Crippen LogP contribution in [0, 0.1) is 0 Å². The van der Waals surface area contributed by atoms with E-state index < -0.39 is 5.63 Å². The van der Waals surface area contributed by atoms with Gasteiger partial charge in [0.25, 0.3) is 5.91 Å². The first-order valence-electron chi connectivity index (χ1n) is 7.18. The zero-order valence-corrected chi connectivity index (χ0v) is 12.7. The van der Waals surface area contributed by atoms with E-state index in [0.717, 1.165) is 13.1 Å². The zero-order chi connectivity index (χ0) is 15.7. The van der Waals surface area contributed by atoms with Crippen LogP contribution < -0.4 is 10.4 Å². The van der Waals surface area contributed by atoms with Crippen LogP contribution in [0.3, 0.4) is 0 Å². The van der Waals surface area contributed by atoms with Crippen LogP contribution in [0.25, 0.3) is 11.0 Å². The van der Waals surface area contributed by atoms with Crippen LogP contribution in [0.1, 0.15) is 10.4 Å². The lowest BCUT2D eigenvalue weighted by Crippen LogP contribution is -2.47. The second kappa shape index (κ2) is 5.81. The van der Waals surface area contributed by atoms with Gasteiger partial charge in [0.2, 0.25) is 0 Å². The quantitative estimate of drug-likeness (QED) is 0.780. The van der Waals surface area contributed by atoms with Gasteiger partial charge in [-0.3, -0.25) is 4.79 Å². The smallest absolute Gasteiger partial charge is 0.337 e. The molecule has 0 N–H and O–H groups in total. The Bertz CT molecular complexity index is 760. The minimum absolute atomic E-state index is 0.129. The highest BCUT2D eigenvalue weighted by atomic mass is 16.5. The summed E-state index contributed by atoms with van der Waals surface area (Å²) < 4.78 is 10.3. The summed E-state index contributed by atoms with van der Waals surface area (Å²) in [5, 5.41) is 0.629. The van der Waals surface area contributed by atoms with Gasteiger partial charge >= 0.3 is 5.63 Å². The summed E-state index contributed by atoms with van der Waals surface area (Å²) in [6.07, 6.45) is 0. The van der Waals surface area contributed by atoms with E-state index in [1.165, 1.54) is 6.07 Å². The van der Waals surface area contributed by atoms with E-state index >= 15 is 0 Å². The van der Waals surface area contributed by atoms with Gasteiger partial charge in [-0.2, -0.15) is 0 Å². The summed E-state index contributed by atoms with van der Waals surface area (Å²) in [6, 6.07) is 6.40. The third-order valence-corrected chi connectivity index (χ3v) is 3.97. The molecule has 6 nitrogen and oxygen atoms in total. The van der Waals surface area contributed by atoms with Crippen molar-refractivity contribution in [3.05, 3.63) is 40.2 Å².